The smallest absolute Gasteiger partial charge is 0.326 e. The zero-order valence-corrected chi connectivity index (χ0v) is 16.9. The van der Waals surface area contributed by atoms with Gasteiger partial charge in [0, 0.05) is 0 Å². The molecule has 0 aliphatic carbocycles. The van der Waals surface area contributed by atoms with E-state index in [0.29, 0.717) is 5.75 Å². The summed E-state index contributed by atoms with van der Waals surface area (Å²) in [5, 5.41) is 24.8. The van der Waals surface area contributed by atoms with Crippen LogP contribution in [0, 0.1) is 5.92 Å². The molecule has 7 N–H and O–H groups in total. The van der Waals surface area contributed by atoms with E-state index in [9.17, 15) is 29.1 Å². The highest BCUT2D eigenvalue weighted by molar-refractivity contribution is 7.98. The number of carbonyl (C=O) groups is 5. The molecule has 0 aliphatic heterocycles. The Morgan fingerprint density at radius 3 is 2.11 bits per heavy atom. The van der Waals surface area contributed by atoms with Gasteiger partial charge in [0.15, 0.2) is 0 Å². The molecule has 0 rings (SSSR count). The SMILES string of the molecule is CSCCC(NC(=O)CNC(=O)C(N)CC(=O)O)C(=O)NC(C(=O)O)C(C)C. The number of carbonyl (C=O) groups excluding carboxylic acids is 3. The Balaban J connectivity index is 4.82. The minimum atomic E-state index is -1.30. The highest BCUT2D eigenvalue weighted by Crippen LogP contribution is 2.05. The Morgan fingerprint density at radius 2 is 1.64 bits per heavy atom. The van der Waals surface area contributed by atoms with Crippen molar-refractivity contribution in [3.8, 4) is 0 Å². The largest absolute Gasteiger partial charge is 0.481 e. The molecular weight excluding hydrogens is 392 g/mol. The summed E-state index contributed by atoms with van der Waals surface area (Å²) >= 11 is 1.44. The van der Waals surface area contributed by atoms with Crippen molar-refractivity contribution in [3.05, 3.63) is 0 Å². The van der Waals surface area contributed by atoms with Crippen molar-refractivity contribution in [2.24, 2.45) is 11.7 Å². The molecule has 12 heteroatoms. The number of hydrogen-bond donors (Lipinski definition) is 6. The first-order valence-electron chi connectivity index (χ1n) is 8.56. The molecule has 0 radical (unpaired) electrons. The Labute approximate surface area is 167 Å². The molecule has 0 bridgehead atoms. The first-order valence-corrected chi connectivity index (χ1v) is 9.95. The van der Waals surface area contributed by atoms with E-state index in [1.807, 2.05) is 6.26 Å². The summed E-state index contributed by atoms with van der Waals surface area (Å²) in [7, 11) is 0. The Morgan fingerprint density at radius 1 is 1.04 bits per heavy atom. The molecule has 0 aromatic rings. The van der Waals surface area contributed by atoms with Gasteiger partial charge < -0.3 is 31.9 Å². The molecule has 0 spiro atoms. The predicted molar refractivity (Wildman–Crippen MR) is 103 cm³/mol. The van der Waals surface area contributed by atoms with Gasteiger partial charge in [-0.25, -0.2) is 4.79 Å². The second kappa shape index (κ2) is 12.9. The molecule has 11 nitrogen and oxygen atoms in total. The minimum Gasteiger partial charge on any atom is -0.481 e. The van der Waals surface area contributed by atoms with Gasteiger partial charge in [0.1, 0.15) is 12.1 Å². The minimum absolute atomic E-state index is 0.260. The van der Waals surface area contributed by atoms with E-state index in [0.717, 1.165) is 0 Å². The van der Waals surface area contributed by atoms with E-state index in [4.69, 9.17) is 10.8 Å². The maximum absolute atomic E-state index is 12.4. The lowest BCUT2D eigenvalue weighted by atomic mass is 10.0. The first-order chi connectivity index (χ1) is 13.0. The highest BCUT2D eigenvalue weighted by atomic mass is 32.2. The second-order valence-electron chi connectivity index (χ2n) is 6.39. The maximum Gasteiger partial charge on any atom is 0.326 e. The highest BCUT2D eigenvalue weighted by Gasteiger charge is 2.28. The quantitative estimate of drug-likeness (QED) is 0.203. The van der Waals surface area contributed by atoms with Crippen molar-refractivity contribution in [2.45, 2.75) is 44.8 Å². The molecule has 3 atom stereocenters. The normalized spacial score (nSPS) is 13.9. The number of amides is 3. The monoisotopic (exact) mass is 420 g/mol. The zero-order chi connectivity index (χ0) is 21.9. The average molecular weight is 420 g/mol. The Kier molecular flexibility index (Phi) is 11.9. The van der Waals surface area contributed by atoms with Gasteiger partial charge >= 0.3 is 11.9 Å². The van der Waals surface area contributed by atoms with Crippen LogP contribution < -0.4 is 21.7 Å². The molecule has 0 aromatic heterocycles. The summed E-state index contributed by atoms with van der Waals surface area (Å²) in [6.45, 7) is 2.79. The lowest BCUT2D eigenvalue weighted by molar-refractivity contribution is -0.143. The Bertz CT molecular complexity index is 585. The average Bonchev–Trinajstić information content (AvgIpc) is 2.59. The van der Waals surface area contributed by atoms with Gasteiger partial charge in [-0.2, -0.15) is 11.8 Å². The number of rotatable bonds is 13. The number of carboxylic acids is 2. The van der Waals surface area contributed by atoms with Crippen LogP contribution in [0.5, 0.6) is 0 Å². The molecule has 0 saturated heterocycles. The van der Waals surface area contributed by atoms with Crippen LogP contribution in [-0.4, -0.2) is 76.6 Å². The number of hydrogen-bond acceptors (Lipinski definition) is 7. The summed E-state index contributed by atoms with van der Waals surface area (Å²) in [4.78, 5) is 57.9. The van der Waals surface area contributed by atoms with Gasteiger partial charge in [0.2, 0.25) is 17.7 Å². The van der Waals surface area contributed by atoms with Gasteiger partial charge in [-0.1, -0.05) is 13.8 Å². The van der Waals surface area contributed by atoms with Gasteiger partial charge in [-0.3, -0.25) is 19.2 Å². The molecule has 160 valence electrons. The Hall–Kier alpha value is -2.34. The molecule has 0 heterocycles. The van der Waals surface area contributed by atoms with Crippen molar-refractivity contribution in [2.75, 3.05) is 18.6 Å². The van der Waals surface area contributed by atoms with Crippen LogP contribution in [0.25, 0.3) is 0 Å². The van der Waals surface area contributed by atoms with Crippen LogP contribution in [0.15, 0.2) is 0 Å². The summed E-state index contributed by atoms with van der Waals surface area (Å²) < 4.78 is 0. The molecule has 3 unspecified atom stereocenters. The summed E-state index contributed by atoms with van der Waals surface area (Å²) in [5.74, 6) is -4.39. The third-order valence-corrected chi connectivity index (χ3v) is 4.29. The lowest BCUT2D eigenvalue weighted by Crippen LogP contribution is -2.55. The van der Waals surface area contributed by atoms with Crippen molar-refractivity contribution in [1.82, 2.24) is 16.0 Å². The van der Waals surface area contributed by atoms with Gasteiger partial charge in [0.25, 0.3) is 0 Å². The molecule has 0 aromatic carbocycles. The van der Waals surface area contributed by atoms with Crippen molar-refractivity contribution >= 4 is 41.4 Å². The fourth-order valence-corrected chi connectivity index (χ4v) is 2.57. The number of carboxylic acid groups (broad SMARTS) is 2. The third kappa shape index (κ3) is 10.1. The van der Waals surface area contributed by atoms with Crippen LogP contribution in [0.2, 0.25) is 0 Å². The fourth-order valence-electron chi connectivity index (χ4n) is 2.10. The van der Waals surface area contributed by atoms with E-state index in [-0.39, 0.29) is 12.3 Å². The molecular formula is C16H28N4O7S. The predicted octanol–water partition coefficient (Wildman–Crippen LogP) is -1.63. The lowest BCUT2D eigenvalue weighted by Gasteiger charge is -2.23. The van der Waals surface area contributed by atoms with Crippen LogP contribution in [0.1, 0.15) is 26.7 Å². The molecule has 0 fully saturated rings. The van der Waals surface area contributed by atoms with Gasteiger partial charge in [-0.05, 0) is 24.3 Å². The number of aliphatic carboxylic acids is 2. The number of nitrogens with one attached hydrogen (secondary N) is 3. The van der Waals surface area contributed by atoms with E-state index in [1.165, 1.54) is 11.8 Å². The zero-order valence-electron chi connectivity index (χ0n) is 16.1. The number of thioether (sulfide) groups is 1. The van der Waals surface area contributed by atoms with E-state index < -0.39 is 60.8 Å². The van der Waals surface area contributed by atoms with Gasteiger partial charge in [-0.15, -0.1) is 0 Å². The third-order valence-electron chi connectivity index (χ3n) is 3.65. The maximum atomic E-state index is 12.4. The summed E-state index contributed by atoms with van der Waals surface area (Å²) in [5.41, 5.74) is 5.38. The summed E-state index contributed by atoms with van der Waals surface area (Å²) in [6.07, 6.45) is 1.49. The standard InChI is InChI=1S/C16H28N4O7S/c1-8(2)13(16(26)27)20-15(25)10(4-5-28-3)19-11(21)7-18-14(24)9(17)6-12(22)23/h8-10,13H,4-7,17H2,1-3H3,(H,18,24)(H,19,21)(H,20,25)(H,22,23)(H,26,27). The van der Waals surface area contributed by atoms with Crippen LogP contribution in [0.4, 0.5) is 0 Å². The van der Waals surface area contributed by atoms with Crippen molar-refractivity contribution < 1.29 is 34.2 Å². The molecule has 3 amide bonds. The number of nitrogens with two attached hydrogens (primary N) is 1. The van der Waals surface area contributed by atoms with Crippen LogP contribution >= 0.6 is 11.8 Å². The molecule has 28 heavy (non-hydrogen) atoms. The topological polar surface area (TPSA) is 188 Å². The van der Waals surface area contributed by atoms with E-state index in [1.54, 1.807) is 13.8 Å². The van der Waals surface area contributed by atoms with Gasteiger partial charge in [0.05, 0.1) is 19.0 Å². The van der Waals surface area contributed by atoms with Crippen LogP contribution in [0.3, 0.4) is 0 Å². The van der Waals surface area contributed by atoms with Crippen molar-refractivity contribution in [3.63, 3.8) is 0 Å². The van der Waals surface area contributed by atoms with E-state index >= 15 is 0 Å². The first kappa shape index (κ1) is 25.7. The molecule has 0 saturated carbocycles. The van der Waals surface area contributed by atoms with Crippen molar-refractivity contribution in [1.29, 1.82) is 0 Å². The van der Waals surface area contributed by atoms with E-state index in [2.05, 4.69) is 16.0 Å². The second-order valence-corrected chi connectivity index (χ2v) is 7.38. The summed E-state index contributed by atoms with van der Waals surface area (Å²) in [6, 6.07) is -3.39. The molecule has 0 aliphatic rings. The fraction of sp³-hybridized carbons (Fsp3) is 0.688. The van der Waals surface area contributed by atoms with Crippen LogP contribution in [-0.2, 0) is 24.0 Å².